The van der Waals surface area contributed by atoms with Crippen molar-refractivity contribution in [3.63, 3.8) is 0 Å². The summed E-state index contributed by atoms with van der Waals surface area (Å²) in [6.07, 6.45) is 0.937. The third kappa shape index (κ3) is 3.61. The van der Waals surface area contributed by atoms with E-state index in [9.17, 15) is 4.79 Å². The average molecular weight is 263 g/mol. The van der Waals surface area contributed by atoms with E-state index in [1.165, 1.54) is 0 Å². The average Bonchev–Trinajstić information content (AvgIpc) is 2.42. The Labute approximate surface area is 113 Å². The molecule has 1 heterocycles. The second-order valence-electron chi connectivity index (χ2n) is 4.87. The third-order valence-electron chi connectivity index (χ3n) is 2.99. The molecule has 0 bridgehead atoms. The van der Waals surface area contributed by atoms with E-state index in [1.807, 2.05) is 26.2 Å². The van der Waals surface area contributed by atoms with Gasteiger partial charge in [-0.2, -0.15) is 0 Å². The van der Waals surface area contributed by atoms with Crippen molar-refractivity contribution in [3.8, 4) is 5.75 Å². The summed E-state index contributed by atoms with van der Waals surface area (Å²) in [5.41, 5.74) is 1.50. The smallest absolute Gasteiger partial charge is 0.255 e. The first-order valence-corrected chi connectivity index (χ1v) is 6.61. The number of nitrogens with one attached hydrogen (secondary N) is 2. The van der Waals surface area contributed by atoms with Crippen molar-refractivity contribution in [1.29, 1.82) is 0 Å². The maximum atomic E-state index is 12.1. The fourth-order valence-electron chi connectivity index (χ4n) is 2.04. The number of rotatable bonds is 5. The highest BCUT2D eigenvalue weighted by atomic mass is 16.5. The second kappa shape index (κ2) is 6.43. The Balaban J connectivity index is 1.95. The van der Waals surface area contributed by atoms with Crippen LogP contribution in [0.4, 0.5) is 5.69 Å². The molecular formula is C14H21N3O2. The van der Waals surface area contributed by atoms with Gasteiger partial charge in [-0.1, -0.05) is 6.07 Å². The molecule has 1 aliphatic rings. The summed E-state index contributed by atoms with van der Waals surface area (Å²) in [5.74, 6) is 0.596. The number of para-hydroxylation sites is 1. The summed E-state index contributed by atoms with van der Waals surface area (Å²) in [5, 5.41) is 6.16. The molecule has 1 amide bonds. The van der Waals surface area contributed by atoms with Gasteiger partial charge in [0.05, 0.1) is 11.3 Å². The van der Waals surface area contributed by atoms with Crippen LogP contribution in [0, 0.1) is 0 Å². The van der Waals surface area contributed by atoms with Crippen molar-refractivity contribution in [3.05, 3.63) is 23.8 Å². The van der Waals surface area contributed by atoms with E-state index in [2.05, 4.69) is 15.5 Å². The molecule has 0 fully saturated rings. The van der Waals surface area contributed by atoms with Gasteiger partial charge in [-0.25, -0.2) is 0 Å². The van der Waals surface area contributed by atoms with Crippen molar-refractivity contribution in [2.75, 3.05) is 45.7 Å². The quantitative estimate of drug-likeness (QED) is 0.783. The lowest BCUT2D eigenvalue weighted by Gasteiger charge is -2.21. The molecule has 5 nitrogen and oxygen atoms in total. The van der Waals surface area contributed by atoms with Gasteiger partial charge in [-0.3, -0.25) is 4.79 Å². The van der Waals surface area contributed by atoms with E-state index < -0.39 is 0 Å². The molecule has 0 unspecified atom stereocenters. The molecular weight excluding hydrogens is 242 g/mol. The van der Waals surface area contributed by atoms with E-state index in [4.69, 9.17) is 4.74 Å². The van der Waals surface area contributed by atoms with Gasteiger partial charge in [0.25, 0.3) is 5.91 Å². The molecule has 0 saturated carbocycles. The van der Waals surface area contributed by atoms with Gasteiger partial charge < -0.3 is 20.3 Å². The molecule has 104 valence electrons. The van der Waals surface area contributed by atoms with E-state index >= 15 is 0 Å². The highest BCUT2D eigenvalue weighted by Gasteiger charge is 2.18. The van der Waals surface area contributed by atoms with Crippen LogP contribution in [0.25, 0.3) is 0 Å². The Morgan fingerprint density at radius 2 is 2.32 bits per heavy atom. The number of amides is 1. The molecule has 1 aromatic rings. The minimum absolute atomic E-state index is 0.0701. The molecule has 1 aromatic carbocycles. The van der Waals surface area contributed by atoms with Gasteiger partial charge in [0.15, 0.2) is 5.75 Å². The molecule has 5 heteroatoms. The van der Waals surface area contributed by atoms with Crippen LogP contribution in [0.2, 0.25) is 0 Å². The lowest BCUT2D eigenvalue weighted by Crippen LogP contribution is -2.28. The van der Waals surface area contributed by atoms with Crippen LogP contribution in [0.5, 0.6) is 5.75 Å². The number of fused-ring (bicyclic) bond motifs is 1. The minimum Gasteiger partial charge on any atom is -0.489 e. The molecule has 0 aliphatic carbocycles. The Bertz CT molecular complexity index is 446. The monoisotopic (exact) mass is 263 g/mol. The largest absolute Gasteiger partial charge is 0.489 e. The molecule has 0 saturated heterocycles. The highest BCUT2D eigenvalue weighted by Crippen LogP contribution is 2.30. The first-order valence-electron chi connectivity index (χ1n) is 6.61. The second-order valence-corrected chi connectivity index (χ2v) is 4.87. The third-order valence-corrected chi connectivity index (χ3v) is 2.99. The van der Waals surface area contributed by atoms with Crippen molar-refractivity contribution < 1.29 is 9.53 Å². The number of benzene rings is 1. The van der Waals surface area contributed by atoms with Crippen molar-refractivity contribution >= 4 is 11.6 Å². The number of carbonyl (C=O) groups excluding carboxylic acids is 1. The standard InChI is InChI=1S/C14H21N3O2/c1-17(2)9-4-7-16-14(18)11-5-3-6-12-13(11)19-10-8-15-12/h3,5-6,15H,4,7-10H2,1-2H3,(H,16,18). The van der Waals surface area contributed by atoms with Crippen LogP contribution in [0.3, 0.4) is 0 Å². The summed E-state index contributed by atoms with van der Waals surface area (Å²) in [7, 11) is 4.05. The lowest BCUT2D eigenvalue weighted by atomic mass is 10.1. The fourth-order valence-corrected chi connectivity index (χ4v) is 2.04. The van der Waals surface area contributed by atoms with E-state index in [-0.39, 0.29) is 5.91 Å². The predicted molar refractivity (Wildman–Crippen MR) is 75.9 cm³/mol. The molecule has 0 spiro atoms. The predicted octanol–water partition coefficient (Wildman–Crippen LogP) is 1.17. The molecule has 2 rings (SSSR count). The summed E-state index contributed by atoms with van der Waals surface area (Å²) < 4.78 is 5.59. The van der Waals surface area contributed by atoms with Gasteiger partial charge in [0, 0.05) is 13.1 Å². The SMILES string of the molecule is CN(C)CCCNC(=O)c1cccc2c1OCCN2. The summed E-state index contributed by atoms with van der Waals surface area (Å²) in [6.45, 7) is 3.01. The van der Waals surface area contributed by atoms with Crippen molar-refractivity contribution in [2.45, 2.75) is 6.42 Å². The maximum Gasteiger partial charge on any atom is 0.255 e. The first-order chi connectivity index (χ1) is 9.18. The van der Waals surface area contributed by atoms with Crippen LogP contribution in [0.15, 0.2) is 18.2 Å². The summed E-state index contributed by atoms with van der Waals surface area (Å²) in [6, 6.07) is 5.60. The van der Waals surface area contributed by atoms with Gasteiger partial charge in [-0.05, 0) is 39.2 Å². The van der Waals surface area contributed by atoms with Crippen LogP contribution in [-0.2, 0) is 0 Å². The fraction of sp³-hybridized carbons (Fsp3) is 0.500. The minimum atomic E-state index is -0.0701. The number of nitrogens with zero attached hydrogens (tertiary/aromatic N) is 1. The number of ether oxygens (including phenoxy) is 1. The molecule has 19 heavy (non-hydrogen) atoms. The van der Waals surface area contributed by atoms with Gasteiger partial charge >= 0.3 is 0 Å². The van der Waals surface area contributed by atoms with Gasteiger partial charge in [0.1, 0.15) is 6.61 Å². The van der Waals surface area contributed by atoms with Crippen LogP contribution in [-0.4, -0.2) is 51.1 Å². The summed E-state index contributed by atoms with van der Waals surface area (Å²) in [4.78, 5) is 14.2. The van der Waals surface area contributed by atoms with Crippen LogP contribution >= 0.6 is 0 Å². The molecule has 0 aromatic heterocycles. The normalized spacial score (nSPS) is 13.4. The van der Waals surface area contributed by atoms with E-state index in [0.29, 0.717) is 24.5 Å². The van der Waals surface area contributed by atoms with Crippen LogP contribution in [0.1, 0.15) is 16.8 Å². The first kappa shape index (κ1) is 13.7. The Kier molecular flexibility index (Phi) is 4.63. The Morgan fingerprint density at radius 3 is 3.11 bits per heavy atom. The maximum absolute atomic E-state index is 12.1. The number of hydrogen-bond acceptors (Lipinski definition) is 4. The van der Waals surface area contributed by atoms with Gasteiger partial charge in [0.2, 0.25) is 0 Å². The van der Waals surface area contributed by atoms with Crippen molar-refractivity contribution in [1.82, 2.24) is 10.2 Å². The zero-order valence-electron chi connectivity index (χ0n) is 11.5. The Hall–Kier alpha value is -1.75. The molecule has 2 N–H and O–H groups in total. The topological polar surface area (TPSA) is 53.6 Å². The number of carbonyl (C=O) groups is 1. The molecule has 0 atom stereocenters. The molecule has 0 radical (unpaired) electrons. The van der Waals surface area contributed by atoms with Crippen LogP contribution < -0.4 is 15.4 Å². The van der Waals surface area contributed by atoms with Crippen molar-refractivity contribution in [2.24, 2.45) is 0 Å². The number of hydrogen-bond donors (Lipinski definition) is 2. The number of anilines is 1. The zero-order valence-corrected chi connectivity index (χ0v) is 11.5. The van der Waals surface area contributed by atoms with E-state index in [1.54, 1.807) is 6.07 Å². The highest BCUT2D eigenvalue weighted by molar-refractivity contribution is 5.98. The zero-order chi connectivity index (χ0) is 13.7. The van der Waals surface area contributed by atoms with Gasteiger partial charge in [-0.15, -0.1) is 0 Å². The lowest BCUT2D eigenvalue weighted by molar-refractivity contribution is 0.0948. The summed E-state index contributed by atoms with van der Waals surface area (Å²) >= 11 is 0. The Morgan fingerprint density at radius 1 is 1.47 bits per heavy atom. The molecule has 1 aliphatic heterocycles. The van der Waals surface area contributed by atoms with E-state index in [0.717, 1.165) is 25.2 Å².